The Bertz CT molecular complexity index is 1020. The van der Waals surface area contributed by atoms with Gasteiger partial charge in [-0.2, -0.15) is 0 Å². The standard InChI is InChI=1S/C21H24N2O3S/c1-5-23-12-11-17-19(21(23)25)18(14(4)27-17)20(24)22-13(3)15-7-9-16(10-8-15)26-6-2/h7-13H,5-6H2,1-4H3,(H,22,24)/t13-/m0/s1. The number of thiophene rings is 1. The topological polar surface area (TPSA) is 60.3 Å². The maximum Gasteiger partial charge on any atom is 0.260 e. The molecular formula is C21H24N2O3S. The number of amides is 1. The summed E-state index contributed by atoms with van der Waals surface area (Å²) in [5, 5.41) is 3.54. The van der Waals surface area contributed by atoms with Crippen molar-refractivity contribution in [1.29, 1.82) is 0 Å². The van der Waals surface area contributed by atoms with Crippen LogP contribution in [0.5, 0.6) is 5.75 Å². The van der Waals surface area contributed by atoms with Crippen LogP contribution in [0.25, 0.3) is 10.1 Å². The van der Waals surface area contributed by atoms with Gasteiger partial charge >= 0.3 is 0 Å². The van der Waals surface area contributed by atoms with Crippen LogP contribution in [0.2, 0.25) is 0 Å². The summed E-state index contributed by atoms with van der Waals surface area (Å²) in [5.74, 6) is 0.589. The van der Waals surface area contributed by atoms with Crippen molar-refractivity contribution in [2.24, 2.45) is 0 Å². The molecule has 0 unspecified atom stereocenters. The zero-order valence-electron chi connectivity index (χ0n) is 16.0. The average Bonchev–Trinajstić information content (AvgIpc) is 3.00. The van der Waals surface area contributed by atoms with Gasteiger partial charge in [-0.3, -0.25) is 9.59 Å². The Kier molecular flexibility index (Phi) is 5.65. The van der Waals surface area contributed by atoms with Crippen LogP contribution in [0.15, 0.2) is 41.3 Å². The summed E-state index contributed by atoms with van der Waals surface area (Å²) >= 11 is 1.48. The van der Waals surface area contributed by atoms with Crippen molar-refractivity contribution in [2.75, 3.05) is 6.61 Å². The van der Waals surface area contributed by atoms with Crippen molar-refractivity contribution in [3.05, 3.63) is 62.9 Å². The Morgan fingerprint density at radius 3 is 2.56 bits per heavy atom. The molecule has 2 heterocycles. The first-order chi connectivity index (χ1) is 13.0. The van der Waals surface area contributed by atoms with E-state index in [1.54, 1.807) is 10.8 Å². The number of carbonyl (C=O) groups excluding carboxylic acids is 1. The highest BCUT2D eigenvalue weighted by Crippen LogP contribution is 2.29. The molecule has 142 valence electrons. The number of rotatable bonds is 6. The minimum atomic E-state index is -0.217. The van der Waals surface area contributed by atoms with Gasteiger partial charge in [-0.25, -0.2) is 0 Å². The second-order valence-electron chi connectivity index (χ2n) is 6.38. The number of carbonyl (C=O) groups is 1. The number of hydrogen-bond acceptors (Lipinski definition) is 4. The second-order valence-corrected chi connectivity index (χ2v) is 7.63. The van der Waals surface area contributed by atoms with Crippen molar-refractivity contribution in [2.45, 2.75) is 40.3 Å². The molecule has 0 aliphatic carbocycles. The molecule has 1 aromatic carbocycles. The van der Waals surface area contributed by atoms with E-state index < -0.39 is 0 Å². The minimum absolute atomic E-state index is 0.113. The molecule has 1 amide bonds. The lowest BCUT2D eigenvalue weighted by Crippen LogP contribution is -2.28. The van der Waals surface area contributed by atoms with E-state index in [9.17, 15) is 9.59 Å². The number of ether oxygens (including phenoxy) is 1. The zero-order valence-corrected chi connectivity index (χ0v) is 16.9. The molecule has 0 aliphatic heterocycles. The molecule has 2 aromatic heterocycles. The molecule has 6 heteroatoms. The fourth-order valence-electron chi connectivity index (χ4n) is 3.16. The molecule has 0 spiro atoms. The Morgan fingerprint density at radius 1 is 1.22 bits per heavy atom. The summed E-state index contributed by atoms with van der Waals surface area (Å²) in [6.07, 6.45) is 1.78. The Balaban J connectivity index is 1.89. The van der Waals surface area contributed by atoms with Crippen molar-refractivity contribution in [3.63, 3.8) is 0 Å². The highest BCUT2D eigenvalue weighted by molar-refractivity contribution is 7.19. The van der Waals surface area contributed by atoms with Gasteiger partial charge in [0.2, 0.25) is 0 Å². The van der Waals surface area contributed by atoms with E-state index in [1.807, 2.05) is 58.0 Å². The van der Waals surface area contributed by atoms with E-state index >= 15 is 0 Å². The summed E-state index contributed by atoms with van der Waals surface area (Å²) in [4.78, 5) is 26.6. The number of pyridine rings is 1. The maximum atomic E-state index is 13.0. The fraction of sp³-hybridized carbons (Fsp3) is 0.333. The number of nitrogens with zero attached hydrogens (tertiary/aromatic N) is 1. The smallest absolute Gasteiger partial charge is 0.260 e. The van der Waals surface area contributed by atoms with Gasteiger partial charge in [-0.1, -0.05) is 12.1 Å². The first-order valence-electron chi connectivity index (χ1n) is 9.12. The lowest BCUT2D eigenvalue weighted by molar-refractivity contribution is 0.0941. The number of hydrogen-bond donors (Lipinski definition) is 1. The summed E-state index contributed by atoms with van der Waals surface area (Å²) < 4.78 is 7.93. The van der Waals surface area contributed by atoms with E-state index in [4.69, 9.17) is 4.74 Å². The molecule has 1 atom stereocenters. The largest absolute Gasteiger partial charge is 0.494 e. The van der Waals surface area contributed by atoms with E-state index in [2.05, 4.69) is 5.32 Å². The molecule has 0 aliphatic rings. The maximum absolute atomic E-state index is 13.0. The van der Waals surface area contributed by atoms with Crippen molar-refractivity contribution in [3.8, 4) is 5.75 Å². The van der Waals surface area contributed by atoms with Gasteiger partial charge < -0.3 is 14.6 Å². The summed E-state index contributed by atoms with van der Waals surface area (Å²) in [6, 6.07) is 9.40. The van der Waals surface area contributed by atoms with Gasteiger partial charge in [0.05, 0.1) is 23.6 Å². The Hall–Kier alpha value is -2.60. The fourth-order valence-corrected chi connectivity index (χ4v) is 4.21. The van der Waals surface area contributed by atoms with Crippen LogP contribution in [0, 0.1) is 6.92 Å². The number of nitrogens with one attached hydrogen (secondary N) is 1. The molecule has 0 bridgehead atoms. The zero-order chi connectivity index (χ0) is 19.6. The minimum Gasteiger partial charge on any atom is -0.494 e. The van der Waals surface area contributed by atoms with E-state index in [0.717, 1.165) is 20.9 Å². The second kappa shape index (κ2) is 7.96. The molecule has 0 saturated heterocycles. The van der Waals surface area contributed by atoms with Crippen molar-refractivity contribution < 1.29 is 9.53 Å². The Labute approximate surface area is 162 Å². The molecular weight excluding hydrogens is 360 g/mol. The SMILES string of the molecule is CCOc1ccc([C@H](C)NC(=O)c2c(C)sc3ccn(CC)c(=O)c23)cc1. The highest BCUT2D eigenvalue weighted by atomic mass is 32.1. The summed E-state index contributed by atoms with van der Waals surface area (Å²) in [7, 11) is 0. The first kappa shape index (κ1) is 19.2. The number of benzene rings is 1. The van der Waals surface area contributed by atoms with Gasteiger partial charge in [0, 0.05) is 22.3 Å². The van der Waals surface area contributed by atoms with E-state index in [1.165, 1.54) is 11.3 Å². The normalized spacial score (nSPS) is 12.1. The molecule has 1 N–H and O–H groups in total. The molecule has 0 radical (unpaired) electrons. The monoisotopic (exact) mass is 384 g/mol. The average molecular weight is 385 g/mol. The van der Waals surface area contributed by atoms with Crippen LogP contribution in [0.4, 0.5) is 0 Å². The van der Waals surface area contributed by atoms with Gasteiger partial charge in [-0.05, 0) is 51.5 Å². The molecule has 27 heavy (non-hydrogen) atoms. The van der Waals surface area contributed by atoms with Gasteiger partial charge in [0.1, 0.15) is 5.75 Å². The molecule has 3 aromatic rings. The van der Waals surface area contributed by atoms with Gasteiger partial charge in [-0.15, -0.1) is 11.3 Å². The lowest BCUT2D eigenvalue weighted by Gasteiger charge is -2.15. The molecule has 3 rings (SSSR count). The van der Waals surface area contributed by atoms with Gasteiger partial charge in [0.15, 0.2) is 0 Å². The predicted molar refractivity (Wildman–Crippen MR) is 110 cm³/mol. The van der Waals surface area contributed by atoms with Crippen LogP contribution in [-0.2, 0) is 6.54 Å². The number of aryl methyl sites for hydroxylation is 2. The van der Waals surface area contributed by atoms with Crippen molar-refractivity contribution in [1.82, 2.24) is 9.88 Å². The van der Waals surface area contributed by atoms with E-state index in [0.29, 0.717) is 24.1 Å². The van der Waals surface area contributed by atoms with E-state index in [-0.39, 0.29) is 17.5 Å². The number of fused-ring (bicyclic) bond motifs is 1. The van der Waals surface area contributed by atoms with Crippen LogP contribution < -0.4 is 15.6 Å². The Morgan fingerprint density at radius 2 is 1.93 bits per heavy atom. The van der Waals surface area contributed by atoms with Crippen LogP contribution in [0.1, 0.15) is 47.6 Å². The number of aromatic nitrogens is 1. The van der Waals surface area contributed by atoms with Crippen LogP contribution >= 0.6 is 11.3 Å². The van der Waals surface area contributed by atoms with Crippen LogP contribution in [0.3, 0.4) is 0 Å². The third kappa shape index (κ3) is 3.76. The third-order valence-corrected chi connectivity index (χ3v) is 5.67. The molecule has 5 nitrogen and oxygen atoms in total. The predicted octanol–water partition coefficient (Wildman–Crippen LogP) is 4.28. The first-order valence-corrected chi connectivity index (χ1v) is 9.94. The molecule has 0 saturated carbocycles. The van der Waals surface area contributed by atoms with Crippen molar-refractivity contribution >= 4 is 27.3 Å². The molecule has 0 fully saturated rings. The lowest BCUT2D eigenvalue weighted by atomic mass is 10.1. The summed E-state index contributed by atoms with van der Waals surface area (Å²) in [5.41, 5.74) is 1.36. The van der Waals surface area contributed by atoms with Crippen LogP contribution in [-0.4, -0.2) is 17.1 Å². The summed E-state index contributed by atoms with van der Waals surface area (Å²) in [6.45, 7) is 8.87. The third-order valence-electron chi connectivity index (χ3n) is 4.60. The highest BCUT2D eigenvalue weighted by Gasteiger charge is 2.21. The quantitative estimate of drug-likeness (QED) is 0.690. The van der Waals surface area contributed by atoms with Gasteiger partial charge in [0.25, 0.3) is 11.5 Å².